The van der Waals surface area contributed by atoms with Gasteiger partial charge in [-0.3, -0.25) is 9.79 Å². The highest BCUT2D eigenvalue weighted by molar-refractivity contribution is 8.14. The van der Waals surface area contributed by atoms with Crippen molar-refractivity contribution in [1.82, 2.24) is 0 Å². The van der Waals surface area contributed by atoms with Crippen molar-refractivity contribution in [3.8, 4) is 0 Å². The number of rotatable bonds is 4. The molecule has 0 unspecified atom stereocenters. The molecule has 1 aromatic carbocycles. The van der Waals surface area contributed by atoms with E-state index in [4.69, 9.17) is 16.3 Å². The highest BCUT2D eigenvalue weighted by Gasteiger charge is 2.47. The van der Waals surface area contributed by atoms with Crippen molar-refractivity contribution in [2.75, 3.05) is 28.8 Å². The summed E-state index contributed by atoms with van der Waals surface area (Å²) in [4.78, 5) is 18.0. The van der Waals surface area contributed by atoms with Crippen molar-refractivity contribution in [2.24, 2.45) is 4.99 Å². The number of carbonyl (C=O) groups is 1. The van der Waals surface area contributed by atoms with Gasteiger partial charge < -0.3 is 9.64 Å². The van der Waals surface area contributed by atoms with Crippen molar-refractivity contribution in [1.29, 1.82) is 0 Å². The molecule has 1 saturated heterocycles. The summed E-state index contributed by atoms with van der Waals surface area (Å²) in [6.07, 6.45) is 0. The number of carbonyl (C=O) groups excluding carboxylic acids is 1. The summed E-state index contributed by atoms with van der Waals surface area (Å²) in [6.45, 7) is 2.08. The number of nitrogens with zero attached hydrogens (tertiary/aromatic N) is 2. The Morgan fingerprint density at radius 2 is 2.25 bits per heavy atom. The molecule has 0 aromatic heterocycles. The molecule has 1 aromatic rings. The van der Waals surface area contributed by atoms with Crippen molar-refractivity contribution in [3.63, 3.8) is 0 Å². The van der Waals surface area contributed by atoms with Crippen LogP contribution in [0.4, 0.5) is 5.69 Å². The number of anilines is 1. The largest absolute Gasteiger partial charge is 0.465 e. The van der Waals surface area contributed by atoms with Crippen LogP contribution < -0.4 is 4.90 Å². The minimum Gasteiger partial charge on any atom is -0.465 e. The topological polar surface area (TPSA) is 76.0 Å². The van der Waals surface area contributed by atoms with E-state index in [-0.39, 0.29) is 35.3 Å². The molecule has 9 heteroatoms. The monoisotopic (exact) mass is 388 g/mol. The summed E-state index contributed by atoms with van der Waals surface area (Å²) in [5.74, 6) is -0.0911. The van der Waals surface area contributed by atoms with Crippen molar-refractivity contribution in [3.05, 3.63) is 29.3 Å². The van der Waals surface area contributed by atoms with Crippen LogP contribution in [0.3, 0.4) is 0 Å². The first-order valence-corrected chi connectivity index (χ1v) is 10.7. The zero-order valence-corrected chi connectivity index (χ0v) is 15.4. The molecular formula is C15H17ClN2O4S2. The highest BCUT2D eigenvalue weighted by Crippen LogP contribution is 2.35. The quantitative estimate of drug-likeness (QED) is 0.734. The van der Waals surface area contributed by atoms with E-state index in [1.807, 2.05) is 17.0 Å². The van der Waals surface area contributed by atoms with Gasteiger partial charge in [0.25, 0.3) is 0 Å². The number of hydrogen-bond acceptors (Lipinski definition) is 7. The van der Waals surface area contributed by atoms with Gasteiger partial charge in [-0.05, 0) is 25.1 Å². The molecule has 6 nitrogen and oxygen atoms in total. The number of halogens is 1. The smallest absolute Gasteiger partial charge is 0.316 e. The lowest BCUT2D eigenvalue weighted by molar-refractivity contribution is -0.139. The second kappa shape index (κ2) is 6.93. The van der Waals surface area contributed by atoms with E-state index < -0.39 is 9.84 Å². The lowest BCUT2D eigenvalue weighted by Gasteiger charge is -2.26. The van der Waals surface area contributed by atoms with Gasteiger partial charge in [0, 0.05) is 10.7 Å². The Morgan fingerprint density at radius 3 is 2.96 bits per heavy atom. The molecule has 0 radical (unpaired) electrons. The number of aliphatic imine (C=N–C) groups is 1. The van der Waals surface area contributed by atoms with E-state index in [1.165, 1.54) is 11.8 Å². The summed E-state index contributed by atoms with van der Waals surface area (Å²) in [5.41, 5.74) is 0.780. The minimum atomic E-state index is -3.10. The molecule has 130 valence electrons. The van der Waals surface area contributed by atoms with Crippen LogP contribution in [0.5, 0.6) is 0 Å². The fourth-order valence-corrected chi connectivity index (χ4v) is 5.84. The van der Waals surface area contributed by atoms with Gasteiger partial charge in [-0.25, -0.2) is 8.42 Å². The predicted molar refractivity (Wildman–Crippen MR) is 96.7 cm³/mol. The number of benzene rings is 1. The zero-order chi connectivity index (χ0) is 17.3. The Hall–Kier alpha value is -1.25. The van der Waals surface area contributed by atoms with Gasteiger partial charge in [-0.1, -0.05) is 29.4 Å². The Balaban J connectivity index is 1.86. The third kappa shape index (κ3) is 3.70. The molecule has 0 N–H and O–H groups in total. The molecule has 0 bridgehead atoms. The van der Waals surface area contributed by atoms with Crippen LogP contribution in [0.25, 0.3) is 0 Å². The van der Waals surface area contributed by atoms with Gasteiger partial charge in [0.2, 0.25) is 0 Å². The third-order valence-electron chi connectivity index (χ3n) is 3.82. The molecule has 0 spiro atoms. The molecule has 2 aliphatic heterocycles. The standard InChI is InChI=1S/C15H17ClN2O4S2/c1-2-22-14(19)7-23-15-17-12-8-24(20,21)9-13(12)18(15)11-5-3-4-10(16)6-11/h3-6,12-13H,2,7-9H2,1H3/t12-,13+/m1/s1. The minimum absolute atomic E-state index is 0.0399. The molecule has 2 atom stereocenters. The first-order chi connectivity index (χ1) is 11.4. The Morgan fingerprint density at radius 1 is 1.46 bits per heavy atom. The van der Waals surface area contributed by atoms with Crippen LogP contribution in [0.2, 0.25) is 5.02 Å². The number of hydrogen-bond donors (Lipinski definition) is 0. The third-order valence-corrected chi connectivity index (χ3v) is 6.69. The van der Waals surface area contributed by atoms with Crippen molar-refractivity contribution >= 4 is 50.0 Å². The van der Waals surface area contributed by atoms with E-state index in [9.17, 15) is 13.2 Å². The highest BCUT2D eigenvalue weighted by atomic mass is 35.5. The summed E-state index contributed by atoms with van der Waals surface area (Å²) in [5, 5.41) is 1.20. The van der Waals surface area contributed by atoms with Crippen LogP contribution in [0, 0.1) is 0 Å². The first-order valence-electron chi connectivity index (χ1n) is 7.51. The number of thioether (sulfide) groups is 1. The molecule has 0 saturated carbocycles. The van der Waals surface area contributed by atoms with Crippen LogP contribution >= 0.6 is 23.4 Å². The van der Waals surface area contributed by atoms with Gasteiger partial charge in [-0.2, -0.15) is 0 Å². The number of amidine groups is 1. The Labute approximate surface area is 150 Å². The number of ether oxygens (including phenoxy) is 1. The summed E-state index contributed by atoms with van der Waals surface area (Å²) < 4.78 is 28.8. The second-order valence-corrected chi connectivity index (χ2v) is 9.10. The van der Waals surface area contributed by atoms with E-state index in [0.29, 0.717) is 16.8 Å². The summed E-state index contributed by atoms with van der Waals surface area (Å²) >= 11 is 7.33. The fourth-order valence-electron chi connectivity index (χ4n) is 2.89. The molecular weight excluding hydrogens is 372 g/mol. The summed E-state index contributed by atoms with van der Waals surface area (Å²) in [7, 11) is -3.10. The average molecular weight is 389 g/mol. The van der Waals surface area contributed by atoms with E-state index in [2.05, 4.69) is 4.99 Å². The molecule has 2 aliphatic rings. The van der Waals surface area contributed by atoms with Gasteiger partial charge in [0.15, 0.2) is 15.0 Å². The van der Waals surface area contributed by atoms with Gasteiger partial charge in [0.1, 0.15) is 0 Å². The van der Waals surface area contributed by atoms with Crippen LogP contribution in [0.15, 0.2) is 29.3 Å². The number of esters is 1. The van der Waals surface area contributed by atoms with E-state index in [0.717, 1.165) is 5.69 Å². The molecule has 24 heavy (non-hydrogen) atoms. The lowest BCUT2D eigenvalue weighted by atomic mass is 10.1. The Bertz CT molecular complexity index is 781. The molecule has 3 rings (SSSR count). The van der Waals surface area contributed by atoms with Gasteiger partial charge >= 0.3 is 5.97 Å². The Kier molecular flexibility index (Phi) is 5.08. The predicted octanol–water partition coefficient (Wildman–Crippen LogP) is 1.98. The second-order valence-electron chi connectivity index (χ2n) is 5.57. The lowest BCUT2D eigenvalue weighted by Crippen LogP contribution is -2.39. The molecule has 2 heterocycles. The van der Waals surface area contributed by atoms with Crippen molar-refractivity contribution in [2.45, 2.75) is 19.0 Å². The maximum absolute atomic E-state index is 11.9. The van der Waals surface area contributed by atoms with E-state index in [1.54, 1.807) is 19.1 Å². The SMILES string of the molecule is CCOC(=O)CSC1=N[C@@H]2CS(=O)(=O)C[C@@H]2N1c1cccc(Cl)c1. The molecule has 0 amide bonds. The fraction of sp³-hybridized carbons (Fsp3) is 0.467. The molecule has 1 fully saturated rings. The van der Waals surface area contributed by atoms with E-state index >= 15 is 0 Å². The van der Waals surface area contributed by atoms with Crippen LogP contribution in [-0.4, -0.2) is 55.5 Å². The van der Waals surface area contributed by atoms with Crippen molar-refractivity contribution < 1.29 is 17.9 Å². The summed E-state index contributed by atoms with van der Waals surface area (Å²) in [6, 6.07) is 6.64. The number of sulfone groups is 1. The molecule has 0 aliphatic carbocycles. The maximum atomic E-state index is 11.9. The normalized spacial score (nSPS) is 24.6. The number of fused-ring (bicyclic) bond motifs is 1. The van der Waals surface area contributed by atoms with Crippen LogP contribution in [-0.2, 0) is 19.4 Å². The average Bonchev–Trinajstić information content (AvgIpc) is 2.96. The first kappa shape index (κ1) is 17.6. The zero-order valence-electron chi connectivity index (χ0n) is 13.0. The van der Waals surface area contributed by atoms with Crippen LogP contribution in [0.1, 0.15) is 6.92 Å². The van der Waals surface area contributed by atoms with Gasteiger partial charge in [-0.15, -0.1) is 0 Å². The maximum Gasteiger partial charge on any atom is 0.316 e. The van der Waals surface area contributed by atoms with Gasteiger partial charge in [0.05, 0.1) is 35.9 Å².